The Morgan fingerprint density at radius 3 is 2.06 bits per heavy atom. The van der Waals surface area contributed by atoms with Gasteiger partial charge in [-0.25, -0.2) is 0 Å². The minimum atomic E-state index is 0.0168. The van der Waals surface area contributed by atoms with Crippen molar-refractivity contribution in [2.24, 2.45) is 11.7 Å². The number of ether oxygens (including phenoxy) is 1. The van der Waals surface area contributed by atoms with Gasteiger partial charge in [-0.05, 0) is 37.3 Å². The maximum atomic E-state index is 5.78. The van der Waals surface area contributed by atoms with Crippen LogP contribution in [0.2, 0.25) is 0 Å². The summed E-state index contributed by atoms with van der Waals surface area (Å²) in [6.07, 6.45) is 1.35. The van der Waals surface area contributed by atoms with Crippen LogP contribution in [0.4, 0.5) is 0 Å². The van der Waals surface area contributed by atoms with Crippen LogP contribution in [0.3, 0.4) is 0 Å². The van der Waals surface area contributed by atoms with E-state index in [1.165, 1.54) is 11.1 Å². The molecule has 1 aromatic carbocycles. The van der Waals surface area contributed by atoms with Gasteiger partial charge in [0.1, 0.15) is 0 Å². The molecule has 2 nitrogen and oxygen atoms in total. The summed E-state index contributed by atoms with van der Waals surface area (Å²) in [5.74, 6) is 0.693. The van der Waals surface area contributed by atoms with Crippen molar-refractivity contribution in [3.8, 4) is 0 Å². The van der Waals surface area contributed by atoms with Crippen LogP contribution in [0.25, 0.3) is 0 Å². The molecule has 0 heterocycles. The maximum absolute atomic E-state index is 5.78. The molecule has 1 aromatic rings. The van der Waals surface area contributed by atoms with Crippen molar-refractivity contribution in [3.05, 3.63) is 35.4 Å². The van der Waals surface area contributed by atoms with Gasteiger partial charge in [-0.15, -0.1) is 0 Å². The molecule has 2 N–H and O–H groups in total. The molecule has 0 fully saturated rings. The van der Waals surface area contributed by atoms with E-state index in [1.54, 1.807) is 0 Å². The second-order valence-corrected chi connectivity index (χ2v) is 5.25. The molecule has 1 atom stereocenters. The van der Waals surface area contributed by atoms with Gasteiger partial charge in [0.2, 0.25) is 0 Å². The molecule has 0 spiro atoms. The van der Waals surface area contributed by atoms with E-state index in [9.17, 15) is 0 Å². The Kier molecular flexibility index (Phi) is 5.66. The average Bonchev–Trinajstić information content (AvgIpc) is 2.26. The Labute approximate surface area is 105 Å². The molecular formula is C15H25NO. The monoisotopic (exact) mass is 235 g/mol. The molecule has 0 aliphatic rings. The van der Waals surface area contributed by atoms with Gasteiger partial charge >= 0.3 is 0 Å². The van der Waals surface area contributed by atoms with E-state index in [0.29, 0.717) is 12.5 Å². The van der Waals surface area contributed by atoms with Crippen LogP contribution in [-0.4, -0.2) is 12.6 Å². The highest BCUT2D eigenvalue weighted by atomic mass is 16.5. The van der Waals surface area contributed by atoms with E-state index in [-0.39, 0.29) is 12.2 Å². The number of nitrogens with two attached hydrogens (primary N) is 1. The summed E-state index contributed by atoms with van der Waals surface area (Å²) in [7, 11) is 0. The van der Waals surface area contributed by atoms with Crippen molar-refractivity contribution >= 4 is 0 Å². The van der Waals surface area contributed by atoms with Crippen LogP contribution in [0.5, 0.6) is 0 Å². The molecule has 1 rings (SSSR count). The van der Waals surface area contributed by atoms with E-state index in [1.807, 2.05) is 13.8 Å². The van der Waals surface area contributed by atoms with E-state index >= 15 is 0 Å². The molecule has 1 unspecified atom stereocenters. The summed E-state index contributed by atoms with van der Waals surface area (Å²) in [6, 6.07) is 8.64. The quantitative estimate of drug-likeness (QED) is 0.821. The Balaban J connectivity index is 2.70. The lowest BCUT2D eigenvalue weighted by molar-refractivity contribution is 0.0119. The van der Waals surface area contributed by atoms with E-state index < -0.39 is 0 Å². The Hall–Kier alpha value is -0.860. The van der Waals surface area contributed by atoms with Gasteiger partial charge in [-0.1, -0.05) is 38.1 Å². The maximum Gasteiger partial charge on any atom is 0.0950 e. The lowest BCUT2D eigenvalue weighted by Gasteiger charge is -2.19. The van der Waals surface area contributed by atoms with Gasteiger partial charge < -0.3 is 10.5 Å². The molecule has 0 aromatic heterocycles. The third kappa shape index (κ3) is 4.88. The molecule has 96 valence electrons. The van der Waals surface area contributed by atoms with Gasteiger partial charge in [0.05, 0.1) is 12.2 Å². The second kappa shape index (κ2) is 6.77. The molecule has 2 heteroatoms. The zero-order valence-electron chi connectivity index (χ0n) is 11.4. The van der Waals surface area contributed by atoms with Gasteiger partial charge in [-0.2, -0.15) is 0 Å². The first kappa shape index (κ1) is 14.2. The molecule has 0 bridgehead atoms. The fourth-order valence-electron chi connectivity index (χ4n) is 1.94. The van der Waals surface area contributed by atoms with Crippen LogP contribution in [0.1, 0.15) is 44.9 Å². The van der Waals surface area contributed by atoms with Crippen LogP contribution >= 0.6 is 0 Å². The van der Waals surface area contributed by atoms with Crippen LogP contribution < -0.4 is 5.73 Å². The normalized spacial score (nSPS) is 13.4. The molecular weight excluding hydrogens is 210 g/mol. The third-order valence-corrected chi connectivity index (χ3v) is 2.65. The minimum absolute atomic E-state index is 0.0168. The number of benzene rings is 1. The average molecular weight is 235 g/mol. The molecule has 0 amide bonds. The fourth-order valence-corrected chi connectivity index (χ4v) is 1.94. The van der Waals surface area contributed by atoms with Gasteiger partial charge in [-0.3, -0.25) is 0 Å². The van der Waals surface area contributed by atoms with Crippen LogP contribution in [0, 0.1) is 5.92 Å². The van der Waals surface area contributed by atoms with Crippen molar-refractivity contribution in [1.82, 2.24) is 0 Å². The summed E-state index contributed by atoms with van der Waals surface area (Å²) < 4.78 is 5.78. The highest BCUT2D eigenvalue weighted by Crippen LogP contribution is 2.19. The Bertz CT molecular complexity index is 316. The third-order valence-electron chi connectivity index (χ3n) is 2.65. The van der Waals surface area contributed by atoms with Crippen molar-refractivity contribution in [3.63, 3.8) is 0 Å². The zero-order valence-corrected chi connectivity index (χ0v) is 11.4. The van der Waals surface area contributed by atoms with E-state index in [0.717, 1.165) is 6.42 Å². The number of hydrogen-bond acceptors (Lipinski definition) is 2. The SMILES string of the molecule is CC(C)Cc1ccc(C(CN)OC(C)C)cc1. The summed E-state index contributed by atoms with van der Waals surface area (Å²) in [6.45, 7) is 9.07. The minimum Gasteiger partial charge on any atom is -0.370 e. The lowest BCUT2D eigenvalue weighted by Crippen LogP contribution is -2.19. The fraction of sp³-hybridized carbons (Fsp3) is 0.600. The largest absolute Gasteiger partial charge is 0.370 e. The smallest absolute Gasteiger partial charge is 0.0950 e. The van der Waals surface area contributed by atoms with E-state index in [4.69, 9.17) is 10.5 Å². The van der Waals surface area contributed by atoms with Crippen LogP contribution in [0.15, 0.2) is 24.3 Å². The molecule has 0 radical (unpaired) electrons. The van der Waals surface area contributed by atoms with Crippen molar-refractivity contribution in [2.75, 3.05) is 6.54 Å². The van der Waals surface area contributed by atoms with Gasteiger partial charge in [0, 0.05) is 6.54 Å². The standard InChI is InChI=1S/C15H25NO/c1-11(2)9-13-5-7-14(8-6-13)15(10-16)17-12(3)4/h5-8,11-12,15H,9-10,16H2,1-4H3. The molecule has 0 saturated heterocycles. The molecule has 0 aliphatic heterocycles. The predicted octanol–water partition coefficient (Wildman–Crippen LogP) is 3.31. The first-order valence-electron chi connectivity index (χ1n) is 6.47. The summed E-state index contributed by atoms with van der Waals surface area (Å²) in [4.78, 5) is 0. The predicted molar refractivity (Wildman–Crippen MR) is 73.0 cm³/mol. The van der Waals surface area contributed by atoms with Crippen molar-refractivity contribution < 1.29 is 4.74 Å². The number of hydrogen-bond donors (Lipinski definition) is 1. The first-order chi connectivity index (χ1) is 8.02. The van der Waals surface area contributed by atoms with Crippen molar-refractivity contribution in [2.45, 2.75) is 46.3 Å². The van der Waals surface area contributed by atoms with Crippen molar-refractivity contribution in [1.29, 1.82) is 0 Å². The van der Waals surface area contributed by atoms with Gasteiger partial charge in [0.15, 0.2) is 0 Å². The molecule has 0 aliphatic carbocycles. The summed E-state index contributed by atoms with van der Waals surface area (Å²) >= 11 is 0. The Morgan fingerprint density at radius 2 is 1.65 bits per heavy atom. The highest BCUT2D eigenvalue weighted by molar-refractivity contribution is 5.24. The molecule has 0 saturated carbocycles. The molecule has 17 heavy (non-hydrogen) atoms. The Morgan fingerprint density at radius 1 is 1.06 bits per heavy atom. The van der Waals surface area contributed by atoms with Gasteiger partial charge in [0.25, 0.3) is 0 Å². The number of rotatable bonds is 6. The first-order valence-corrected chi connectivity index (χ1v) is 6.47. The van der Waals surface area contributed by atoms with E-state index in [2.05, 4.69) is 38.1 Å². The summed E-state index contributed by atoms with van der Waals surface area (Å²) in [5.41, 5.74) is 8.30. The zero-order chi connectivity index (χ0) is 12.8. The highest BCUT2D eigenvalue weighted by Gasteiger charge is 2.11. The van der Waals surface area contributed by atoms with Crippen LogP contribution in [-0.2, 0) is 11.2 Å². The lowest BCUT2D eigenvalue weighted by atomic mass is 10.00. The summed E-state index contributed by atoms with van der Waals surface area (Å²) in [5, 5.41) is 0. The second-order valence-electron chi connectivity index (χ2n) is 5.25. The topological polar surface area (TPSA) is 35.2 Å².